The number of halogens is 1. The summed E-state index contributed by atoms with van der Waals surface area (Å²) in [6.45, 7) is 3.06. The Labute approximate surface area is 181 Å². The van der Waals surface area contributed by atoms with Crippen LogP contribution in [-0.2, 0) is 9.59 Å². The first kappa shape index (κ1) is 21.9. The highest BCUT2D eigenvalue weighted by molar-refractivity contribution is 6.46. The minimum absolute atomic E-state index is 0.0194. The molecule has 158 valence electrons. The molecule has 1 amide bonds. The molecular formula is C23H25ClN2O4. The van der Waals surface area contributed by atoms with Gasteiger partial charge >= 0.3 is 0 Å². The highest BCUT2D eigenvalue weighted by atomic mass is 35.5. The number of likely N-dealkylation sites (tertiary alicyclic amines) is 1. The Hall–Kier alpha value is -2.83. The summed E-state index contributed by atoms with van der Waals surface area (Å²) in [6.07, 6.45) is 0.671. The van der Waals surface area contributed by atoms with E-state index in [-0.39, 0.29) is 16.9 Å². The summed E-state index contributed by atoms with van der Waals surface area (Å²) < 4.78 is 0. The number of carbonyl (C=O) groups is 2. The predicted octanol–water partition coefficient (Wildman–Crippen LogP) is 3.73. The van der Waals surface area contributed by atoms with Crippen LogP contribution in [0.2, 0.25) is 5.02 Å². The lowest BCUT2D eigenvalue weighted by Gasteiger charge is -2.26. The summed E-state index contributed by atoms with van der Waals surface area (Å²) in [4.78, 5) is 29.3. The Morgan fingerprint density at radius 2 is 1.80 bits per heavy atom. The zero-order chi connectivity index (χ0) is 22.0. The van der Waals surface area contributed by atoms with Gasteiger partial charge in [-0.1, -0.05) is 41.4 Å². The van der Waals surface area contributed by atoms with Gasteiger partial charge in [-0.2, -0.15) is 0 Å². The number of phenolic OH excluding ortho intramolecular Hbond substituents is 1. The third kappa shape index (κ3) is 4.35. The SMILES string of the molecule is Cc1ccc([C@@H]2C(=C(O)c3cc(Cl)ccc3O)C(=O)C(=O)N2CCCN(C)C)cc1. The molecule has 1 aliphatic heterocycles. The van der Waals surface area contributed by atoms with E-state index in [1.807, 2.05) is 50.2 Å². The normalized spacial score (nSPS) is 18.4. The number of hydrogen-bond donors (Lipinski definition) is 2. The fraction of sp³-hybridized carbons (Fsp3) is 0.304. The van der Waals surface area contributed by atoms with E-state index in [9.17, 15) is 19.8 Å². The molecule has 1 saturated heterocycles. The van der Waals surface area contributed by atoms with Gasteiger partial charge < -0.3 is 20.0 Å². The first-order chi connectivity index (χ1) is 14.2. The number of hydrogen-bond acceptors (Lipinski definition) is 5. The Balaban J connectivity index is 2.13. The summed E-state index contributed by atoms with van der Waals surface area (Å²) in [5.41, 5.74) is 1.72. The van der Waals surface area contributed by atoms with Crippen molar-refractivity contribution in [3.8, 4) is 5.75 Å². The summed E-state index contributed by atoms with van der Waals surface area (Å²) in [5.74, 6) is -2.10. The van der Waals surface area contributed by atoms with Crippen LogP contribution < -0.4 is 0 Å². The molecule has 3 rings (SSSR count). The number of aliphatic hydroxyl groups is 1. The number of aryl methyl sites for hydroxylation is 1. The van der Waals surface area contributed by atoms with Crippen molar-refractivity contribution in [2.75, 3.05) is 27.2 Å². The van der Waals surface area contributed by atoms with Gasteiger partial charge in [-0.15, -0.1) is 0 Å². The molecule has 30 heavy (non-hydrogen) atoms. The van der Waals surface area contributed by atoms with Crippen LogP contribution in [0.3, 0.4) is 0 Å². The fourth-order valence-corrected chi connectivity index (χ4v) is 3.78. The van der Waals surface area contributed by atoms with Gasteiger partial charge in [-0.05, 0) is 57.7 Å². The van der Waals surface area contributed by atoms with Crippen LogP contribution >= 0.6 is 11.6 Å². The number of aromatic hydroxyl groups is 1. The summed E-state index contributed by atoms with van der Waals surface area (Å²) in [5, 5.41) is 21.5. The maximum absolute atomic E-state index is 12.9. The van der Waals surface area contributed by atoms with Crippen LogP contribution in [-0.4, -0.2) is 58.9 Å². The molecule has 2 aromatic rings. The Morgan fingerprint density at radius 1 is 1.13 bits per heavy atom. The second-order valence-electron chi connectivity index (χ2n) is 7.72. The number of rotatable bonds is 6. The summed E-state index contributed by atoms with van der Waals surface area (Å²) >= 11 is 6.02. The van der Waals surface area contributed by atoms with Gasteiger partial charge in [0.25, 0.3) is 11.7 Å². The zero-order valence-corrected chi connectivity index (χ0v) is 18.0. The zero-order valence-electron chi connectivity index (χ0n) is 17.2. The average molecular weight is 429 g/mol. The van der Waals surface area contributed by atoms with Gasteiger partial charge in [0.1, 0.15) is 11.5 Å². The van der Waals surface area contributed by atoms with Crippen LogP contribution in [0.1, 0.15) is 29.2 Å². The van der Waals surface area contributed by atoms with Crippen molar-refractivity contribution in [3.63, 3.8) is 0 Å². The average Bonchev–Trinajstić information content (AvgIpc) is 2.94. The number of amides is 1. The second kappa shape index (κ2) is 8.90. The van der Waals surface area contributed by atoms with E-state index in [1.165, 1.54) is 23.1 Å². The van der Waals surface area contributed by atoms with Crippen LogP contribution in [0.4, 0.5) is 0 Å². The second-order valence-corrected chi connectivity index (χ2v) is 8.16. The predicted molar refractivity (Wildman–Crippen MR) is 116 cm³/mol. The molecular weight excluding hydrogens is 404 g/mol. The first-order valence-corrected chi connectivity index (χ1v) is 10.1. The van der Waals surface area contributed by atoms with Crippen LogP contribution in [0.25, 0.3) is 5.76 Å². The molecule has 0 radical (unpaired) electrons. The number of aliphatic hydroxyl groups excluding tert-OH is 1. The quantitative estimate of drug-likeness (QED) is 0.416. The first-order valence-electron chi connectivity index (χ1n) is 9.69. The van der Waals surface area contributed by atoms with E-state index >= 15 is 0 Å². The van der Waals surface area contributed by atoms with Gasteiger partial charge in [0, 0.05) is 11.6 Å². The molecule has 2 N–H and O–H groups in total. The number of benzene rings is 2. The molecule has 2 aromatic carbocycles. The molecule has 0 aromatic heterocycles. The van der Waals surface area contributed by atoms with Crippen LogP contribution in [0.5, 0.6) is 5.75 Å². The molecule has 6 nitrogen and oxygen atoms in total. The molecule has 0 aliphatic carbocycles. The molecule has 0 bridgehead atoms. The molecule has 0 spiro atoms. The maximum Gasteiger partial charge on any atom is 0.295 e. The van der Waals surface area contributed by atoms with E-state index in [4.69, 9.17) is 11.6 Å². The van der Waals surface area contributed by atoms with Crippen molar-refractivity contribution in [3.05, 3.63) is 69.8 Å². The molecule has 0 saturated carbocycles. The number of ketones is 1. The number of Topliss-reactive ketones (excluding diaryl/α,β-unsaturated/α-hetero) is 1. The molecule has 1 heterocycles. The van der Waals surface area contributed by atoms with Gasteiger partial charge in [-0.25, -0.2) is 0 Å². The summed E-state index contributed by atoms with van der Waals surface area (Å²) in [7, 11) is 3.88. The topological polar surface area (TPSA) is 81.1 Å². The minimum atomic E-state index is -0.776. The largest absolute Gasteiger partial charge is 0.507 e. The number of carbonyl (C=O) groups excluding carboxylic acids is 2. The van der Waals surface area contributed by atoms with Gasteiger partial charge in [-0.3, -0.25) is 9.59 Å². The van der Waals surface area contributed by atoms with Crippen LogP contribution in [0.15, 0.2) is 48.0 Å². The lowest BCUT2D eigenvalue weighted by molar-refractivity contribution is -0.139. The van der Waals surface area contributed by atoms with Crippen molar-refractivity contribution in [2.24, 2.45) is 0 Å². The molecule has 7 heteroatoms. The Morgan fingerprint density at radius 3 is 2.43 bits per heavy atom. The standard InChI is InChI=1S/C23H25ClN2O4/c1-14-5-7-15(8-6-14)20-19(21(28)17-13-16(24)9-10-18(17)27)22(29)23(30)26(20)12-4-11-25(2)3/h5-10,13,20,27-28H,4,11-12H2,1-3H3/t20-/m1/s1. The van der Waals surface area contributed by atoms with Crippen molar-refractivity contribution in [1.82, 2.24) is 9.80 Å². The van der Waals surface area contributed by atoms with E-state index in [0.717, 1.165) is 12.1 Å². The number of nitrogens with zero attached hydrogens (tertiary/aromatic N) is 2. The highest BCUT2D eigenvalue weighted by Crippen LogP contribution is 2.41. The lowest BCUT2D eigenvalue weighted by Crippen LogP contribution is -2.32. The smallest absolute Gasteiger partial charge is 0.295 e. The van der Waals surface area contributed by atoms with Gasteiger partial charge in [0.15, 0.2) is 0 Å². The third-order valence-corrected chi connectivity index (χ3v) is 5.39. The molecule has 1 aliphatic rings. The minimum Gasteiger partial charge on any atom is -0.507 e. The van der Waals surface area contributed by atoms with Crippen LogP contribution in [0, 0.1) is 6.92 Å². The third-order valence-electron chi connectivity index (χ3n) is 5.15. The Bertz CT molecular complexity index is 999. The van der Waals surface area contributed by atoms with Crippen molar-refractivity contribution < 1.29 is 19.8 Å². The van der Waals surface area contributed by atoms with Crippen molar-refractivity contribution in [1.29, 1.82) is 0 Å². The van der Waals surface area contributed by atoms with E-state index in [1.54, 1.807) is 0 Å². The van der Waals surface area contributed by atoms with Crippen molar-refractivity contribution in [2.45, 2.75) is 19.4 Å². The monoisotopic (exact) mass is 428 g/mol. The summed E-state index contributed by atoms with van der Waals surface area (Å²) in [6, 6.07) is 10.9. The van der Waals surface area contributed by atoms with Gasteiger partial charge in [0.2, 0.25) is 0 Å². The van der Waals surface area contributed by atoms with E-state index in [0.29, 0.717) is 23.6 Å². The van der Waals surface area contributed by atoms with Crippen molar-refractivity contribution >= 4 is 29.1 Å². The maximum atomic E-state index is 12.9. The Kier molecular flexibility index (Phi) is 6.48. The highest BCUT2D eigenvalue weighted by Gasteiger charge is 2.46. The van der Waals surface area contributed by atoms with Gasteiger partial charge in [0.05, 0.1) is 17.2 Å². The van der Waals surface area contributed by atoms with E-state index < -0.39 is 23.5 Å². The van der Waals surface area contributed by atoms with E-state index in [2.05, 4.69) is 0 Å². The molecule has 0 unspecified atom stereocenters. The lowest BCUT2D eigenvalue weighted by atomic mass is 9.94. The molecule has 1 atom stereocenters. The number of phenols is 1. The fourth-order valence-electron chi connectivity index (χ4n) is 3.61. The molecule has 1 fully saturated rings.